The van der Waals surface area contributed by atoms with Crippen molar-refractivity contribution in [2.45, 2.75) is 44.8 Å². The standard InChI is InChI=1S/C25H28N4O5/c1-17(29-23(31)25(2,3)27(4)24(29)32)22(28(33)16-30)15-34-21-10-8-19(9-11-21)20-7-5-6-18(14-20)12-13-26/h5-11,14,16-17,22,33H,12,15H2,1-4H3. The van der Waals surface area contributed by atoms with Gasteiger partial charge in [0.05, 0.1) is 18.5 Å². The lowest BCUT2D eigenvalue weighted by atomic mass is 10.0. The highest BCUT2D eigenvalue weighted by molar-refractivity contribution is 6.06. The zero-order chi connectivity index (χ0) is 25.0. The van der Waals surface area contributed by atoms with Crippen molar-refractivity contribution < 1.29 is 24.3 Å². The van der Waals surface area contributed by atoms with Gasteiger partial charge in [-0.15, -0.1) is 0 Å². The second kappa shape index (κ2) is 9.93. The van der Waals surface area contributed by atoms with Crippen LogP contribution < -0.4 is 4.74 Å². The predicted octanol–water partition coefficient (Wildman–Crippen LogP) is 3.08. The average Bonchev–Trinajstić information content (AvgIpc) is 2.98. The number of nitrogens with zero attached hydrogens (tertiary/aromatic N) is 4. The topological polar surface area (TPSA) is 114 Å². The van der Waals surface area contributed by atoms with Crippen LogP contribution in [-0.2, 0) is 16.0 Å². The molecule has 0 saturated carbocycles. The second-order valence-electron chi connectivity index (χ2n) is 8.74. The minimum Gasteiger partial charge on any atom is -0.491 e. The molecule has 9 heteroatoms. The van der Waals surface area contributed by atoms with Crippen molar-refractivity contribution in [1.29, 1.82) is 5.26 Å². The fourth-order valence-corrected chi connectivity index (χ4v) is 3.85. The van der Waals surface area contributed by atoms with Crippen LogP contribution in [0.4, 0.5) is 4.79 Å². The molecule has 1 N–H and O–H groups in total. The number of amides is 4. The summed E-state index contributed by atoms with van der Waals surface area (Å²) < 4.78 is 5.81. The number of rotatable bonds is 9. The van der Waals surface area contributed by atoms with E-state index >= 15 is 0 Å². The van der Waals surface area contributed by atoms with E-state index < -0.39 is 29.6 Å². The fraction of sp³-hybridized carbons (Fsp3) is 0.360. The molecule has 0 radical (unpaired) electrons. The lowest BCUT2D eigenvalue weighted by molar-refractivity contribution is -0.169. The molecule has 34 heavy (non-hydrogen) atoms. The third kappa shape index (κ3) is 4.72. The van der Waals surface area contributed by atoms with Crippen LogP contribution in [0.3, 0.4) is 0 Å². The highest BCUT2D eigenvalue weighted by Gasteiger charge is 2.52. The summed E-state index contributed by atoms with van der Waals surface area (Å²) in [4.78, 5) is 39.2. The van der Waals surface area contributed by atoms with E-state index in [0.717, 1.165) is 21.6 Å². The Labute approximate surface area is 198 Å². The van der Waals surface area contributed by atoms with Crippen LogP contribution >= 0.6 is 0 Å². The Hall–Kier alpha value is -3.90. The lowest BCUT2D eigenvalue weighted by Gasteiger charge is -2.32. The molecule has 2 unspecified atom stereocenters. The van der Waals surface area contributed by atoms with E-state index in [2.05, 4.69) is 6.07 Å². The second-order valence-corrected chi connectivity index (χ2v) is 8.74. The van der Waals surface area contributed by atoms with E-state index in [9.17, 15) is 19.6 Å². The van der Waals surface area contributed by atoms with Crippen molar-refractivity contribution in [2.75, 3.05) is 13.7 Å². The zero-order valence-corrected chi connectivity index (χ0v) is 19.6. The number of hydroxylamine groups is 2. The molecule has 1 heterocycles. The molecule has 1 fully saturated rings. The summed E-state index contributed by atoms with van der Waals surface area (Å²) in [6.07, 6.45) is 0.555. The Morgan fingerprint density at radius 2 is 1.85 bits per heavy atom. The number of ether oxygens (including phenoxy) is 1. The first-order valence-corrected chi connectivity index (χ1v) is 10.8. The van der Waals surface area contributed by atoms with Crippen LogP contribution in [0, 0.1) is 11.3 Å². The van der Waals surface area contributed by atoms with Crippen LogP contribution in [0.25, 0.3) is 11.1 Å². The third-order valence-corrected chi connectivity index (χ3v) is 6.30. The minimum absolute atomic E-state index is 0.144. The molecule has 4 amide bonds. The molecule has 1 saturated heterocycles. The molecule has 9 nitrogen and oxygen atoms in total. The van der Waals surface area contributed by atoms with Gasteiger partial charge in [0.1, 0.15) is 23.9 Å². The predicted molar refractivity (Wildman–Crippen MR) is 124 cm³/mol. The summed E-state index contributed by atoms with van der Waals surface area (Å²) in [6.45, 7) is 4.72. The molecule has 1 aliphatic rings. The summed E-state index contributed by atoms with van der Waals surface area (Å²) in [7, 11) is 1.53. The molecule has 2 atom stereocenters. The Morgan fingerprint density at radius 1 is 1.18 bits per heavy atom. The third-order valence-electron chi connectivity index (χ3n) is 6.30. The van der Waals surface area contributed by atoms with Crippen molar-refractivity contribution >= 4 is 18.3 Å². The number of carbonyl (C=O) groups excluding carboxylic acids is 3. The van der Waals surface area contributed by atoms with Gasteiger partial charge in [-0.2, -0.15) is 5.26 Å². The Bertz CT molecular complexity index is 1110. The Balaban J connectivity index is 1.74. The van der Waals surface area contributed by atoms with E-state index in [1.807, 2.05) is 36.4 Å². The average molecular weight is 465 g/mol. The summed E-state index contributed by atoms with van der Waals surface area (Å²) in [6, 6.07) is 14.7. The molecule has 178 valence electrons. The quantitative estimate of drug-likeness (QED) is 0.264. The largest absolute Gasteiger partial charge is 0.491 e. The first-order chi connectivity index (χ1) is 16.1. The van der Waals surface area contributed by atoms with Gasteiger partial charge in [0.15, 0.2) is 0 Å². The molecule has 2 aromatic carbocycles. The zero-order valence-electron chi connectivity index (χ0n) is 19.6. The number of likely N-dealkylation sites (N-methyl/N-ethyl adjacent to an activating group) is 1. The Morgan fingerprint density at radius 3 is 2.41 bits per heavy atom. The van der Waals surface area contributed by atoms with Gasteiger partial charge in [0, 0.05) is 7.05 Å². The van der Waals surface area contributed by atoms with Gasteiger partial charge in [-0.25, -0.2) is 9.86 Å². The highest BCUT2D eigenvalue weighted by atomic mass is 16.5. The first-order valence-electron chi connectivity index (χ1n) is 10.8. The molecule has 0 spiro atoms. The molecule has 3 rings (SSSR count). The van der Waals surface area contributed by atoms with E-state index in [-0.39, 0.29) is 13.0 Å². The smallest absolute Gasteiger partial charge is 0.327 e. The molecule has 1 aliphatic heterocycles. The maximum Gasteiger partial charge on any atom is 0.327 e. The van der Waals surface area contributed by atoms with Gasteiger partial charge in [0.25, 0.3) is 5.91 Å². The lowest BCUT2D eigenvalue weighted by Crippen LogP contribution is -2.54. The molecule has 0 aromatic heterocycles. The van der Waals surface area contributed by atoms with Crippen molar-refractivity contribution in [1.82, 2.24) is 14.9 Å². The van der Waals surface area contributed by atoms with E-state index in [4.69, 9.17) is 10.00 Å². The number of benzene rings is 2. The number of urea groups is 1. The number of hydrogen-bond donors (Lipinski definition) is 1. The molecule has 0 bridgehead atoms. The monoisotopic (exact) mass is 464 g/mol. The molecule has 2 aromatic rings. The summed E-state index contributed by atoms with van der Waals surface area (Å²) in [5.41, 5.74) is 1.80. The van der Waals surface area contributed by atoms with Crippen molar-refractivity contribution in [2.24, 2.45) is 0 Å². The van der Waals surface area contributed by atoms with Crippen LogP contribution in [0.15, 0.2) is 48.5 Å². The van der Waals surface area contributed by atoms with Crippen LogP contribution in [0.5, 0.6) is 5.75 Å². The van der Waals surface area contributed by atoms with E-state index in [1.54, 1.807) is 32.9 Å². The number of nitriles is 1. The van der Waals surface area contributed by atoms with Crippen molar-refractivity contribution in [3.8, 4) is 22.9 Å². The van der Waals surface area contributed by atoms with Gasteiger partial charge >= 0.3 is 6.03 Å². The van der Waals surface area contributed by atoms with E-state index in [0.29, 0.717) is 17.2 Å². The highest BCUT2D eigenvalue weighted by Crippen LogP contribution is 2.29. The number of hydrogen-bond acceptors (Lipinski definition) is 6. The molecule has 0 aliphatic carbocycles. The Kier molecular flexibility index (Phi) is 7.23. The van der Waals surface area contributed by atoms with Gasteiger partial charge < -0.3 is 9.64 Å². The summed E-state index contributed by atoms with van der Waals surface area (Å²) in [5, 5.41) is 19.5. The SMILES string of the molecule is CC(C(COc1ccc(-c2cccc(CC#N)c2)cc1)N(O)C=O)N1C(=O)N(C)C(C)(C)C1=O. The maximum atomic E-state index is 12.8. The van der Waals surface area contributed by atoms with Gasteiger partial charge in [-0.1, -0.05) is 36.4 Å². The van der Waals surface area contributed by atoms with E-state index in [1.165, 1.54) is 11.9 Å². The number of carbonyl (C=O) groups is 3. The van der Waals surface area contributed by atoms with Gasteiger partial charge in [-0.05, 0) is 49.6 Å². The fourth-order valence-electron chi connectivity index (χ4n) is 3.85. The maximum absolute atomic E-state index is 12.8. The van der Waals surface area contributed by atoms with Gasteiger partial charge in [-0.3, -0.25) is 19.7 Å². The summed E-state index contributed by atoms with van der Waals surface area (Å²) in [5.74, 6) is 0.0738. The van der Waals surface area contributed by atoms with Crippen molar-refractivity contribution in [3.05, 3.63) is 54.1 Å². The normalized spacial score (nSPS) is 16.7. The molecular formula is C25H28N4O5. The van der Waals surface area contributed by atoms with Crippen LogP contribution in [0.2, 0.25) is 0 Å². The van der Waals surface area contributed by atoms with Crippen LogP contribution in [-0.4, -0.2) is 69.7 Å². The summed E-state index contributed by atoms with van der Waals surface area (Å²) >= 11 is 0. The van der Waals surface area contributed by atoms with Gasteiger partial charge in [0.2, 0.25) is 6.41 Å². The van der Waals surface area contributed by atoms with Crippen molar-refractivity contribution in [3.63, 3.8) is 0 Å². The molecular weight excluding hydrogens is 436 g/mol. The van der Waals surface area contributed by atoms with Crippen LogP contribution in [0.1, 0.15) is 26.3 Å². The first kappa shape index (κ1) is 24.7. The number of imide groups is 1. The minimum atomic E-state index is -1.03.